The minimum Gasteiger partial charge on any atom is -0.481 e. The minimum atomic E-state index is -1.65. The molecular weight excluding hydrogens is 398 g/mol. The number of carboxylic acids is 2. The Morgan fingerprint density at radius 1 is 0.833 bits per heavy atom. The predicted octanol–water partition coefficient (Wildman–Crippen LogP) is -1.87. The SMILES string of the molecule is CC(NC(=O)C(N)C(C)C)C(=O)NC(CCCCN)C(=O)NC(CC(=O)O)C(=O)O. The van der Waals surface area contributed by atoms with Crippen LogP contribution in [0.2, 0.25) is 0 Å². The summed E-state index contributed by atoms with van der Waals surface area (Å²) >= 11 is 0. The van der Waals surface area contributed by atoms with E-state index in [0.29, 0.717) is 19.4 Å². The van der Waals surface area contributed by atoms with E-state index >= 15 is 0 Å². The fourth-order valence-electron chi connectivity index (χ4n) is 2.38. The van der Waals surface area contributed by atoms with Gasteiger partial charge in [-0.1, -0.05) is 13.8 Å². The molecule has 0 radical (unpaired) electrons. The van der Waals surface area contributed by atoms with Crippen LogP contribution in [0.25, 0.3) is 0 Å². The van der Waals surface area contributed by atoms with Crippen molar-refractivity contribution in [2.24, 2.45) is 17.4 Å². The van der Waals surface area contributed by atoms with Crippen LogP contribution in [-0.4, -0.2) is 70.6 Å². The lowest BCUT2D eigenvalue weighted by Crippen LogP contribution is -2.56. The second-order valence-corrected chi connectivity index (χ2v) is 7.34. The molecule has 0 aromatic heterocycles. The van der Waals surface area contributed by atoms with Crippen molar-refractivity contribution in [1.29, 1.82) is 0 Å². The highest BCUT2D eigenvalue weighted by Gasteiger charge is 2.29. The lowest BCUT2D eigenvalue weighted by atomic mass is 10.0. The number of amides is 3. The molecule has 172 valence electrons. The maximum absolute atomic E-state index is 12.5. The Bertz CT molecular complexity index is 626. The zero-order chi connectivity index (χ0) is 23.4. The average molecular weight is 431 g/mol. The van der Waals surface area contributed by atoms with Gasteiger partial charge in [0.15, 0.2) is 0 Å². The molecule has 0 spiro atoms. The largest absolute Gasteiger partial charge is 0.481 e. The van der Waals surface area contributed by atoms with E-state index in [1.165, 1.54) is 6.92 Å². The molecule has 0 saturated heterocycles. The number of rotatable bonds is 14. The van der Waals surface area contributed by atoms with E-state index in [2.05, 4.69) is 16.0 Å². The number of hydrogen-bond donors (Lipinski definition) is 7. The molecule has 0 heterocycles. The van der Waals surface area contributed by atoms with Crippen LogP contribution >= 0.6 is 0 Å². The summed E-state index contributed by atoms with van der Waals surface area (Å²) in [6, 6.07) is -4.58. The summed E-state index contributed by atoms with van der Waals surface area (Å²) in [6.07, 6.45) is 0.363. The summed E-state index contributed by atoms with van der Waals surface area (Å²) in [7, 11) is 0. The minimum absolute atomic E-state index is 0.141. The van der Waals surface area contributed by atoms with Gasteiger partial charge in [-0.05, 0) is 38.6 Å². The number of aliphatic carboxylic acids is 2. The fraction of sp³-hybridized carbons (Fsp3) is 0.722. The first-order chi connectivity index (χ1) is 13.9. The van der Waals surface area contributed by atoms with E-state index in [-0.39, 0.29) is 12.3 Å². The Labute approximate surface area is 175 Å². The van der Waals surface area contributed by atoms with Crippen LogP contribution in [0.4, 0.5) is 0 Å². The van der Waals surface area contributed by atoms with E-state index in [1.54, 1.807) is 13.8 Å². The van der Waals surface area contributed by atoms with Crippen molar-refractivity contribution in [2.45, 2.75) is 70.6 Å². The van der Waals surface area contributed by atoms with Crippen molar-refractivity contribution in [3.8, 4) is 0 Å². The highest BCUT2D eigenvalue weighted by atomic mass is 16.4. The first kappa shape index (κ1) is 27.3. The third-order valence-corrected chi connectivity index (χ3v) is 4.35. The Hall–Kier alpha value is -2.73. The number of carbonyl (C=O) groups is 5. The molecule has 0 aliphatic rings. The average Bonchev–Trinajstić information content (AvgIpc) is 2.65. The van der Waals surface area contributed by atoms with Crippen LogP contribution in [0.3, 0.4) is 0 Å². The lowest BCUT2D eigenvalue weighted by molar-refractivity contribution is -0.147. The molecule has 0 aliphatic carbocycles. The molecule has 3 amide bonds. The molecule has 0 aliphatic heterocycles. The third-order valence-electron chi connectivity index (χ3n) is 4.35. The molecule has 12 nitrogen and oxygen atoms in total. The monoisotopic (exact) mass is 431 g/mol. The normalized spacial score (nSPS) is 14.9. The highest BCUT2D eigenvalue weighted by molar-refractivity contribution is 5.94. The molecule has 12 heteroatoms. The molecule has 4 atom stereocenters. The molecule has 30 heavy (non-hydrogen) atoms. The van der Waals surface area contributed by atoms with Crippen molar-refractivity contribution in [3.05, 3.63) is 0 Å². The Morgan fingerprint density at radius 3 is 1.87 bits per heavy atom. The second kappa shape index (κ2) is 13.5. The van der Waals surface area contributed by atoms with Gasteiger partial charge in [0.25, 0.3) is 0 Å². The van der Waals surface area contributed by atoms with Gasteiger partial charge in [-0.15, -0.1) is 0 Å². The van der Waals surface area contributed by atoms with E-state index in [0.717, 1.165) is 0 Å². The van der Waals surface area contributed by atoms with E-state index < -0.39 is 60.2 Å². The molecule has 0 bridgehead atoms. The van der Waals surface area contributed by atoms with Crippen LogP contribution in [0.5, 0.6) is 0 Å². The topological polar surface area (TPSA) is 214 Å². The van der Waals surface area contributed by atoms with Crippen molar-refractivity contribution in [2.75, 3.05) is 6.54 Å². The van der Waals surface area contributed by atoms with Crippen LogP contribution in [0, 0.1) is 5.92 Å². The summed E-state index contributed by atoms with van der Waals surface area (Å²) in [5.41, 5.74) is 11.2. The Morgan fingerprint density at radius 2 is 1.40 bits per heavy atom. The number of nitrogens with one attached hydrogen (secondary N) is 3. The number of carboxylic acid groups (broad SMARTS) is 2. The molecule has 0 aromatic rings. The molecule has 0 rings (SSSR count). The van der Waals surface area contributed by atoms with Crippen LogP contribution in [-0.2, 0) is 24.0 Å². The van der Waals surface area contributed by atoms with E-state index in [4.69, 9.17) is 21.7 Å². The fourth-order valence-corrected chi connectivity index (χ4v) is 2.38. The number of carbonyl (C=O) groups excluding carboxylic acids is 3. The van der Waals surface area contributed by atoms with Crippen LogP contribution in [0.1, 0.15) is 46.5 Å². The zero-order valence-electron chi connectivity index (χ0n) is 17.5. The van der Waals surface area contributed by atoms with E-state index in [1.807, 2.05) is 0 Å². The van der Waals surface area contributed by atoms with Crippen LogP contribution < -0.4 is 27.4 Å². The maximum atomic E-state index is 12.5. The van der Waals surface area contributed by atoms with Gasteiger partial charge in [-0.25, -0.2) is 4.79 Å². The molecular formula is C18H33N5O7. The van der Waals surface area contributed by atoms with Crippen molar-refractivity contribution in [3.63, 3.8) is 0 Å². The third kappa shape index (κ3) is 10.2. The Balaban J connectivity index is 5.15. The lowest BCUT2D eigenvalue weighted by Gasteiger charge is -2.24. The number of unbranched alkanes of at least 4 members (excludes halogenated alkanes) is 1. The standard InChI is InChI=1S/C18H33N5O7/c1-9(2)14(20)17(28)21-10(3)15(26)22-11(6-4-5-7-19)16(27)23-12(18(29)30)8-13(24)25/h9-12,14H,4-8,19-20H2,1-3H3,(H,21,28)(H,22,26)(H,23,27)(H,24,25)(H,29,30). The molecule has 4 unspecified atom stereocenters. The van der Waals surface area contributed by atoms with Gasteiger partial charge >= 0.3 is 11.9 Å². The quantitative estimate of drug-likeness (QED) is 0.153. The van der Waals surface area contributed by atoms with Gasteiger partial charge in [-0.2, -0.15) is 0 Å². The summed E-state index contributed by atoms with van der Waals surface area (Å²) in [5, 5.41) is 24.9. The van der Waals surface area contributed by atoms with Gasteiger partial charge in [0, 0.05) is 0 Å². The summed E-state index contributed by atoms with van der Waals surface area (Å²) in [5.74, 6) is -5.09. The molecule has 0 aromatic carbocycles. The van der Waals surface area contributed by atoms with Crippen molar-refractivity contribution in [1.82, 2.24) is 16.0 Å². The smallest absolute Gasteiger partial charge is 0.326 e. The molecule has 0 fully saturated rings. The first-order valence-electron chi connectivity index (χ1n) is 9.72. The summed E-state index contributed by atoms with van der Waals surface area (Å²) in [6.45, 7) is 5.28. The first-order valence-corrected chi connectivity index (χ1v) is 9.72. The van der Waals surface area contributed by atoms with Crippen molar-refractivity contribution >= 4 is 29.7 Å². The summed E-state index contributed by atoms with van der Waals surface area (Å²) in [4.78, 5) is 58.9. The van der Waals surface area contributed by atoms with Gasteiger partial charge in [0.1, 0.15) is 18.1 Å². The Kier molecular flexibility index (Phi) is 12.3. The highest BCUT2D eigenvalue weighted by Crippen LogP contribution is 2.04. The van der Waals surface area contributed by atoms with E-state index in [9.17, 15) is 24.0 Å². The van der Waals surface area contributed by atoms with Gasteiger partial charge in [-0.3, -0.25) is 19.2 Å². The molecule has 0 saturated carbocycles. The zero-order valence-corrected chi connectivity index (χ0v) is 17.5. The maximum Gasteiger partial charge on any atom is 0.326 e. The van der Waals surface area contributed by atoms with Gasteiger partial charge in [0.05, 0.1) is 12.5 Å². The van der Waals surface area contributed by atoms with Gasteiger partial charge in [0.2, 0.25) is 17.7 Å². The predicted molar refractivity (Wildman–Crippen MR) is 107 cm³/mol. The van der Waals surface area contributed by atoms with Crippen molar-refractivity contribution < 1.29 is 34.2 Å². The summed E-state index contributed by atoms with van der Waals surface area (Å²) < 4.78 is 0. The molecule has 9 N–H and O–H groups in total. The number of nitrogens with two attached hydrogens (primary N) is 2. The van der Waals surface area contributed by atoms with Gasteiger partial charge < -0.3 is 37.6 Å². The second-order valence-electron chi connectivity index (χ2n) is 7.34. The van der Waals surface area contributed by atoms with Crippen LogP contribution in [0.15, 0.2) is 0 Å². The number of hydrogen-bond acceptors (Lipinski definition) is 7.